The van der Waals surface area contributed by atoms with Crippen LogP contribution in [0.5, 0.6) is 0 Å². The largest absolute Gasteiger partial charge is 0.329 e. The minimum absolute atomic E-state index is 0.0577. The summed E-state index contributed by atoms with van der Waals surface area (Å²) in [6.07, 6.45) is 1.73. The van der Waals surface area contributed by atoms with E-state index in [0.29, 0.717) is 35.8 Å². The summed E-state index contributed by atoms with van der Waals surface area (Å²) >= 11 is 6.00. The smallest absolute Gasteiger partial charge is 0.254 e. The zero-order chi connectivity index (χ0) is 19.5. The highest BCUT2D eigenvalue weighted by Crippen LogP contribution is 2.18. The standard InChI is InChI=1S/C22H15ClN4O/c23-19-6-2-5-18(12-19)22(28)26-9-10-27-20(14-25-21(27)15-26)8-7-16-3-1-4-17(11-16)13-24/h1-6,11-12,14H,9-10,15H2. The van der Waals surface area contributed by atoms with Gasteiger partial charge in [-0.2, -0.15) is 5.26 Å². The zero-order valence-electron chi connectivity index (χ0n) is 14.9. The van der Waals surface area contributed by atoms with Gasteiger partial charge in [0.25, 0.3) is 5.91 Å². The van der Waals surface area contributed by atoms with Crippen molar-refractivity contribution in [3.05, 3.63) is 88.0 Å². The van der Waals surface area contributed by atoms with Crippen molar-refractivity contribution >= 4 is 17.5 Å². The van der Waals surface area contributed by atoms with Crippen molar-refractivity contribution in [3.8, 4) is 17.9 Å². The summed E-state index contributed by atoms with van der Waals surface area (Å²) in [7, 11) is 0. The van der Waals surface area contributed by atoms with Crippen molar-refractivity contribution < 1.29 is 4.79 Å². The Bertz CT molecular complexity index is 1160. The van der Waals surface area contributed by atoms with Crippen LogP contribution in [0.25, 0.3) is 0 Å². The molecule has 136 valence electrons. The van der Waals surface area contributed by atoms with Gasteiger partial charge in [-0.15, -0.1) is 0 Å². The van der Waals surface area contributed by atoms with Crippen molar-refractivity contribution in [2.24, 2.45) is 0 Å². The normalized spacial score (nSPS) is 12.5. The van der Waals surface area contributed by atoms with Crippen LogP contribution in [0.3, 0.4) is 0 Å². The number of hydrogen-bond donors (Lipinski definition) is 0. The van der Waals surface area contributed by atoms with E-state index in [1.165, 1.54) is 0 Å². The maximum absolute atomic E-state index is 12.7. The number of halogens is 1. The number of nitriles is 1. The molecule has 0 fully saturated rings. The van der Waals surface area contributed by atoms with Crippen LogP contribution in [0, 0.1) is 23.2 Å². The highest BCUT2D eigenvalue weighted by molar-refractivity contribution is 6.30. The maximum Gasteiger partial charge on any atom is 0.254 e. The number of aromatic nitrogens is 2. The quantitative estimate of drug-likeness (QED) is 0.602. The topological polar surface area (TPSA) is 61.9 Å². The third kappa shape index (κ3) is 3.62. The molecule has 0 bridgehead atoms. The third-order valence-corrected chi connectivity index (χ3v) is 4.78. The van der Waals surface area contributed by atoms with E-state index < -0.39 is 0 Å². The molecule has 0 spiro atoms. The molecule has 1 aromatic heterocycles. The molecule has 0 saturated carbocycles. The number of carbonyl (C=O) groups is 1. The Morgan fingerprint density at radius 3 is 2.71 bits per heavy atom. The summed E-state index contributed by atoms with van der Waals surface area (Å²) in [6, 6.07) is 16.3. The average molecular weight is 387 g/mol. The molecule has 1 amide bonds. The second-order valence-corrected chi connectivity index (χ2v) is 6.83. The number of imidazole rings is 1. The van der Waals surface area contributed by atoms with Gasteiger partial charge in [0, 0.05) is 29.2 Å². The Balaban J connectivity index is 1.53. The molecule has 0 radical (unpaired) electrons. The summed E-state index contributed by atoms with van der Waals surface area (Å²) in [5.74, 6) is 6.95. The van der Waals surface area contributed by atoms with Gasteiger partial charge in [0.1, 0.15) is 11.5 Å². The molecule has 3 aromatic rings. The fourth-order valence-corrected chi connectivity index (χ4v) is 3.33. The Labute approximate surface area is 167 Å². The molecule has 0 unspecified atom stereocenters. The number of hydrogen-bond acceptors (Lipinski definition) is 3. The molecule has 0 saturated heterocycles. The molecule has 0 atom stereocenters. The molecule has 4 rings (SSSR count). The van der Waals surface area contributed by atoms with Crippen LogP contribution in [0.15, 0.2) is 54.7 Å². The molecular formula is C22H15ClN4O. The van der Waals surface area contributed by atoms with Gasteiger partial charge in [0.15, 0.2) is 0 Å². The van der Waals surface area contributed by atoms with Gasteiger partial charge >= 0.3 is 0 Å². The lowest BCUT2D eigenvalue weighted by atomic mass is 10.1. The number of benzene rings is 2. The highest BCUT2D eigenvalue weighted by Gasteiger charge is 2.24. The lowest BCUT2D eigenvalue weighted by Gasteiger charge is -2.28. The van der Waals surface area contributed by atoms with Crippen LogP contribution in [0.2, 0.25) is 5.02 Å². The fourth-order valence-electron chi connectivity index (χ4n) is 3.14. The van der Waals surface area contributed by atoms with Gasteiger partial charge in [-0.25, -0.2) is 4.98 Å². The monoisotopic (exact) mass is 386 g/mol. The van der Waals surface area contributed by atoms with Crippen molar-refractivity contribution in [3.63, 3.8) is 0 Å². The summed E-state index contributed by atoms with van der Waals surface area (Å²) < 4.78 is 2.03. The van der Waals surface area contributed by atoms with Gasteiger partial charge < -0.3 is 9.47 Å². The molecule has 28 heavy (non-hydrogen) atoms. The Morgan fingerprint density at radius 1 is 1.07 bits per heavy atom. The van der Waals surface area contributed by atoms with E-state index in [-0.39, 0.29) is 5.91 Å². The first-order chi connectivity index (χ1) is 13.6. The molecule has 2 heterocycles. The second-order valence-electron chi connectivity index (χ2n) is 6.39. The minimum Gasteiger partial charge on any atom is -0.329 e. The predicted octanol–water partition coefficient (Wildman–Crippen LogP) is 3.46. The van der Waals surface area contributed by atoms with Crippen LogP contribution in [-0.4, -0.2) is 26.9 Å². The van der Waals surface area contributed by atoms with E-state index in [4.69, 9.17) is 16.9 Å². The summed E-state index contributed by atoms with van der Waals surface area (Å²) in [6.45, 7) is 1.63. The Hall–Kier alpha value is -3.54. The van der Waals surface area contributed by atoms with Crippen molar-refractivity contribution in [2.75, 3.05) is 6.54 Å². The molecule has 0 N–H and O–H groups in total. The Morgan fingerprint density at radius 2 is 1.89 bits per heavy atom. The van der Waals surface area contributed by atoms with Crippen LogP contribution in [0.4, 0.5) is 0 Å². The number of carbonyl (C=O) groups excluding carboxylic acids is 1. The van der Waals surface area contributed by atoms with E-state index in [1.807, 2.05) is 16.7 Å². The molecular weight excluding hydrogens is 372 g/mol. The van der Waals surface area contributed by atoms with Crippen LogP contribution >= 0.6 is 11.6 Å². The fraction of sp³-hybridized carbons (Fsp3) is 0.136. The first-order valence-electron chi connectivity index (χ1n) is 8.75. The van der Waals surface area contributed by atoms with Gasteiger partial charge in [0.2, 0.25) is 0 Å². The molecule has 1 aliphatic heterocycles. The average Bonchev–Trinajstić information content (AvgIpc) is 3.14. The number of amides is 1. The molecule has 1 aliphatic rings. The minimum atomic E-state index is -0.0577. The first-order valence-corrected chi connectivity index (χ1v) is 9.13. The van der Waals surface area contributed by atoms with E-state index in [0.717, 1.165) is 17.1 Å². The van der Waals surface area contributed by atoms with Crippen molar-refractivity contribution in [1.82, 2.24) is 14.5 Å². The maximum atomic E-state index is 12.7. The summed E-state index contributed by atoms with van der Waals surface area (Å²) in [5, 5.41) is 9.53. The molecule has 0 aliphatic carbocycles. The second kappa shape index (κ2) is 7.60. The first kappa shape index (κ1) is 17.9. The SMILES string of the molecule is N#Cc1cccc(C#Cc2cnc3n2CCN(C(=O)c2cccc(Cl)c2)C3)c1. The lowest BCUT2D eigenvalue weighted by molar-refractivity contribution is 0.0707. The zero-order valence-corrected chi connectivity index (χ0v) is 15.6. The summed E-state index contributed by atoms with van der Waals surface area (Å²) in [5.41, 5.74) is 2.73. The third-order valence-electron chi connectivity index (χ3n) is 4.55. The predicted molar refractivity (Wildman–Crippen MR) is 106 cm³/mol. The van der Waals surface area contributed by atoms with E-state index in [1.54, 1.807) is 47.5 Å². The van der Waals surface area contributed by atoms with Gasteiger partial charge in [-0.1, -0.05) is 29.7 Å². The van der Waals surface area contributed by atoms with E-state index in [2.05, 4.69) is 22.9 Å². The van der Waals surface area contributed by atoms with E-state index in [9.17, 15) is 4.79 Å². The van der Waals surface area contributed by atoms with Crippen LogP contribution in [0.1, 0.15) is 33.0 Å². The summed E-state index contributed by atoms with van der Waals surface area (Å²) in [4.78, 5) is 18.9. The van der Waals surface area contributed by atoms with Gasteiger partial charge in [0.05, 0.1) is 24.4 Å². The number of fused-ring (bicyclic) bond motifs is 1. The van der Waals surface area contributed by atoms with Gasteiger partial charge in [-0.05, 0) is 42.3 Å². The number of nitrogens with zero attached hydrogens (tertiary/aromatic N) is 4. The van der Waals surface area contributed by atoms with Crippen LogP contribution < -0.4 is 0 Å². The van der Waals surface area contributed by atoms with Crippen molar-refractivity contribution in [2.45, 2.75) is 13.1 Å². The molecule has 6 heteroatoms. The lowest BCUT2D eigenvalue weighted by Crippen LogP contribution is -2.38. The number of rotatable bonds is 1. The Kier molecular flexibility index (Phi) is 4.85. The molecule has 5 nitrogen and oxygen atoms in total. The van der Waals surface area contributed by atoms with E-state index >= 15 is 0 Å². The van der Waals surface area contributed by atoms with Crippen molar-refractivity contribution in [1.29, 1.82) is 5.26 Å². The van der Waals surface area contributed by atoms with Crippen LogP contribution in [-0.2, 0) is 13.1 Å². The molecule has 2 aromatic carbocycles. The van der Waals surface area contributed by atoms with Gasteiger partial charge in [-0.3, -0.25) is 4.79 Å². The highest BCUT2D eigenvalue weighted by atomic mass is 35.5.